The third kappa shape index (κ3) is 4.94. The monoisotopic (exact) mass is 333 g/mol. The summed E-state index contributed by atoms with van der Waals surface area (Å²) in [6, 6.07) is 20.4. The van der Waals surface area contributed by atoms with E-state index in [1.807, 2.05) is 65.6 Å². The molecule has 5 nitrogen and oxygen atoms in total. The van der Waals surface area contributed by atoms with Crippen molar-refractivity contribution in [3.05, 3.63) is 84.2 Å². The van der Waals surface area contributed by atoms with Crippen LogP contribution in [0.5, 0.6) is 0 Å². The van der Waals surface area contributed by atoms with Crippen molar-refractivity contribution >= 4 is 5.96 Å². The first-order valence-electron chi connectivity index (χ1n) is 8.50. The van der Waals surface area contributed by atoms with Crippen molar-refractivity contribution in [3.63, 3.8) is 0 Å². The molecule has 0 aliphatic carbocycles. The van der Waals surface area contributed by atoms with E-state index in [2.05, 4.69) is 39.8 Å². The molecule has 2 N–H and O–H groups in total. The third-order valence-corrected chi connectivity index (χ3v) is 3.72. The summed E-state index contributed by atoms with van der Waals surface area (Å²) >= 11 is 0. The molecule has 0 spiro atoms. The average Bonchev–Trinajstić information content (AvgIpc) is 3.15. The van der Waals surface area contributed by atoms with E-state index in [1.54, 1.807) is 0 Å². The Labute approximate surface area is 148 Å². The van der Waals surface area contributed by atoms with Crippen LogP contribution in [0.25, 0.3) is 5.69 Å². The maximum atomic E-state index is 4.65. The van der Waals surface area contributed by atoms with Crippen molar-refractivity contribution in [2.24, 2.45) is 4.99 Å². The average molecular weight is 333 g/mol. The first-order valence-corrected chi connectivity index (χ1v) is 8.50. The minimum atomic E-state index is 0.580. The number of aliphatic imine (C=N–C) groups is 1. The Hall–Kier alpha value is -3.08. The summed E-state index contributed by atoms with van der Waals surface area (Å²) in [7, 11) is 0. The summed E-state index contributed by atoms with van der Waals surface area (Å²) in [6.07, 6.45) is 3.87. The first-order chi connectivity index (χ1) is 12.3. The fourth-order valence-electron chi connectivity index (χ4n) is 2.46. The summed E-state index contributed by atoms with van der Waals surface area (Å²) in [6.45, 7) is 4.21. The Morgan fingerprint density at radius 1 is 0.960 bits per heavy atom. The Morgan fingerprint density at radius 3 is 2.40 bits per heavy atom. The molecule has 0 unspecified atom stereocenters. The second-order valence-electron chi connectivity index (χ2n) is 5.66. The maximum Gasteiger partial charge on any atom is 0.191 e. The highest BCUT2D eigenvalue weighted by atomic mass is 15.3. The van der Waals surface area contributed by atoms with Gasteiger partial charge in [0.05, 0.1) is 18.4 Å². The van der Waals surface area contributed by atoms with Gasteiger partial charge in [-0.15, -0.1) is 0 Å². The summed E-state index contributed by atoms with van der Waals surface area (Å²) in [5.41, 5.74) is 3.35. The lowest BCUT2D eigenvalue weighted by molar-refractivity contribution is 0.816. The molecular weight excluding hydrogens is 310 g/mol. The van der Waals surface area contributed by atoms with E-state index in [0.717, 1.165) is 30.3 Å². The normalized spacial score (nSPS) is 11.3. The highest BCUT2D eigenvalue weighted by molar-refractivity contribution is 5.79. The lowest BCUT2D eigenvalue weighted by atomic mass is 10.2. The molecule has 0 atom stereocenters. The van der Waals surface area contributed by atoms with Crippen LogP contribution in [0.4, 0.5) is 0 Å². The fourth-order valence-corrected chi connectivity index (χ4v) is 2.46. The van der Waals surface area contributed by atoms with Crippen molar-refractivity contribution in [1.82, 2.24) is 20.4 Å². The molecular formula is C20H23N5. The maximum absolute atomic E-state index is 4.65. The SMILES string of the molecule is CCNC(=NCc1cnn(-c2ccccc2)c1)NCc1ccccc1. The second kappa shape index (κ2) is 8.68. The van der Waals surface area contributed by atoms with Gasteiger partial charge in [0, 0.05) is 24.8 Å². The van der Waals surface area contributed by atoms with E-state index in [0.29, 0.717) is 6.54 Å². The zero-order valence-electron chi connectivity index (χ0n) is 14.4. The topological polar surface area (TPSA) is 54.2 Å². The summed E-state index contributed by atoms with van der Waals surface area (Å²) in [4.78, 5) is 4.65. The molecule has 1 heterocycles. The smallest absolute Gasteiger partial charge is 0.191 e. The lowest BCUT2D eigenvalue weighted by Crippen LogP contribution is -2.36. The first kappa shape index (κ1) is 16.8. The van der Waals surface area contributed by atoms with Gasteiger partial charge < -0.3 is 10.6 Å². The van der Waals surface area contributed by atoms with Crippen molar-refractivity contribution in [2.45, 2.75) is 20.0 Å². The van der Waals surface area contributed by atoms with Crippen LogP contribution >= 0.6 is 0 Å². The van der Waals surface area contributed by atoms with Crippen LogP contribution in [-0.4, -0.2) is 22.3 Å². The van der Waals surface area contributed by atoms with Gasteiger partial charge in [-0.1, -0.05) is 48.5 Å². The van der Waals surface area contributed by atoms with Crippen molar-refractivity contribution in [2.75, 3.05) is 6.54 Å². The summed E-state index contributed by atoms with van der Waals surface area (Å²) in [5.74, 6) is 0.804. The number of rotatable bonds is 6. The van der Waals surface area contributed by atoms with Gasteiger partial charge >= 0.3 is 0 Å². The van der Waals surface area contributed by atoms with Gasteiger partial charge in [0.1, 0.15) is 0 Å². The van der Waals surface area contributed by atoms with E-state index < -0.39 is 0 Å². The molecule has 0 bridgehead atoms. The van der Waals surface area contributed by atoms with Crippen molar-refractivity contribution in [3.8, 4) is 5.69 Å². The van der Waals surface area contributed by atoms with E-state index in [9.17, 15) is 0 Å². The highest BCUT2D eigenvalue weighted by Crippen LogP contribution is 2.08. The predicted molar refractivity (Wildman–Crippen MR) is 102 cm³/mol. The molecule has 5 heteroatoms. The van der Waals surface area contributed by atoms with Crippen LogP contribution in [0.1, 0.15) is 18.1 Å². The molecule has 25 heavy (non-hydrogen) atoms. The standard InChI is InChI=1S/C20H23N5/c1-2-21-20(22-13-17-9-5-3-6-10-17)23-14-18-15-24-25(16-18)19-11-7-4-8-12-19/h3-12,15-16H,2,13-14H2,1H3,(H2,21,22,23). The molecule has 2 aromatic carbocycles. The minimum absolute atomic E-state index is 0.580. The number of aromatic nitrogens is 2. The summed E-state index contributed by atoms with van der Waals surface area (Å²) < 4.78 is 1.87. The third-order valence-electron chi connectivity index (χ3n) is 3.72. The zero-order chi connectivity index (χ0) is 17.3. The van der Waals surface area contributed by atoms with E-state index in [-0.39, 0.29) is 0 Å². The van der Waals surface area contributed by atoms with Crippen molar-refractivity contribution < 1.29 is 0 Å². The van der Waals surface area contributed by atoms with Gasteiger partial charge in [-0.05, 0) is 24.6 Å². The van der Waals surface area contributed by atoms with Crippen LogP contribution in [0, 0.1) is 0 Å². The predicted octanol–water partition coefficient (Wildman–Crippen LogP) is 3.13. The van der Waals surface area contributed by atoms with Crippen LogP contribution in [0.15, 0.2) is 78.0 Å². The van der Waals surface area contributed by atoms with Crippen molar-refractivity contribution in [1.29, 1.82) is 0 Å². The number of nitrogens with zero attached hydrogens (tertiary/aromatic N) is 3. The molecule has 0 amide bonds. The van der Waals surface area contributed by atoms with E-state index in [4.69, 9.17) is 0 Å². The molecule has 0 saturated heterocycles. The van der Waals surface area contributed by atoms with E-state index >= 15 is 0 Å². The van der Waals surface area contributed by atoms with Gasteiger partial charge in [-0.2, -0.15) is 5.10 Å². The number of benzene rings is 2. The number of hydrogen-bond donors (Lipinski definition) is 2. The van der Waals surface area contributed by atoms with Crippen LogP contribution in [-0.2, 0) is 13.1 Å². The number of nitrogens with one attached hydrogen (secondary N) is 2. The largest absolute Gasteiger partial charge is 0.357 e. The Balaban J connectivity index is 1.62. The molecule has 0 aliphatic rings. The molecule has 128 valence electrons. The minimum Gasteiger partial charge on any atom is -0.357 e. The van der Waals surface area contributed by atoms with E-state index in [1.165, 1.54) is 5.56 Å². The highest BCUT2D eigenvalue weighted by Gasteiger charge is 2.02. The second-order valence-corrected chi connectivity index (χ2v) is 5.66. The quantitative estimate of drug-likeness (QED) is 0.538. The van der Waals surface area contributed by atoms with Gasteiger partial charge in [-0.25, -0.2) is 9.67 Å². The fraction of sp³-hybridized carbons (Fsp3) is 0.200. The van der Waals surface area contributed by atoms with Crippen LogP contribution in [0.3, 0.4) is 0 Å². The molecule has 3 rings (SSSR count). The molecule has 0 radical (unpaired) electrons. The Bertz CT molecular complexity index is 793. The number of para-hydroxylation sites is 1. The van der Waals surface area contributed by atoms with Gasteiger partial charge in [0.15, 0.2) is 5.96 Å². The number of hydrogen-bond acceptors (Lipinski definition) is 2. The van der Waals surface area contributed by atoms with Crippen LogP contribution < -0.4 is 10.6 Å². The Kier molecular flexibility index (Phi) is 5.82. The van der Waals surface area contributed by atoms with Gasteiger partial charge in [-0.3, -0.25) is 0 Å². The lowest BCUT2D eigenvalue weighted by Gasteiger charge is -2.11. The van der Waals surface area contributed by atoms with Gasteiger partial charge in [0.25, 0.3) is 0 Å². The molecule has 0 fully saturated rings. The van der Waals surface area contributed by atoms with Crippen LogP contribution in [0.2, 0.25) is 0 Å². The zero-order valence-corrected chi connectivity index (χ0v) is 14.4. The molecule has 3 aromatic rings. The molecule has 1 aromatic heterocycles. The van der Waals surface area contributed by atoms with Gasteiger partial charge in [0.2, 0.25) is 0 Å². The summed E-state index contributed by atoms with van der Waals surface area (Å²) in [5, 5.41) is 11.0. The Morgan fingerprint density at radius 2 is 1.68 bits per heavy atom. The molecule has 0 aliphatic heterocycles. The molecule has 0 saturated carbocycles. The number of guanidine groups is 1.